The second kappa shape index (κ2) is 8.09. The molecule has 0 spiro atoms. The molecule has 6 heteroatoms. The van der Waals surface area contributed by atoms with E-state index in [4.69, 9.17) is 9.84 Å². The molecule has 116 valence electrons. The zero-order chi connectivity index (χ0) is 15.1. The average molecular weight is 286 g/mol. The number of carbonyl (C=O) groups is 2. The standard InChI is InChI=1S/C14H26N2O4/c1-4-20-12(10(2)3)5-7-15-14(19)16-8-6-11(9-16)13(17)18/h10-12H,4-9H2,1-3H3,(H,15,19)(H,17,18). The molecule has 6 nitrogen and oxygen atoms in total. The summed E-state index contributed by atoms with van der Waals surface area (Å²) in [6.45, 7) is 8.20. The molecule has 2 amide bonds. The molecule has 2 atom stereocenters. The van der Waals surface area contributed by atoms with Crippen molar-refractivity contribution >= 4 is 12.0 Å². The van der Waals surface area contributed by atoms with Gasteiger partial charge in [0.2, 0.25) is 0 Å². The normalized spacial score (nSPS) is 20.2. The molecule has 1 aliphatic heterocycles. The summed E-state index contributed by atoms with van der Waals surface area (Å²) in [5.74, 6) is -0.834. The topological polar surface area (TPSA) is 78.9 Å². The Morgan fingerprint density at radius 1 is 1.45 bits per heavy atom. The minimum atomic E-state index is -0.823. The van der Waals surface area contributed by atoms with E-state index >= 15 is 0 Å². The third-order valence-corrected chi connectivity index (χ3v) is 3.65. The van der Waals surface area contributed by atoms with E-state index in [9.17, 15) is 9.59 Å². The summed E-state index contributed by atoms with van der Waals surface area (Å²) < 4.78 is 5.62. The van der Waals surface area contributed by atoms with Gasteiger partial charge in [-0.1, -0.05) is 13.8 Å². The largest absolute Gasteiger partial charge is 0.481 e. The van der Waals surface area contributed by atoms with Crippen molar-refractivity contribution in [2.75, 3.05) is 26.2 Å². The Labute approximate surface area is 120 Å². The van der Waals surface area contributed by atoms with Gasteiger partial charge in [0.1, 0.15) is 0 Å². The zero-order valence-electron chi connectivity index (χ0n) is 12.6. The van der Waals surface area contributed by atoms with E-state index in [-0.39, 0.29) is 12.1 Å². The molecule has 0 aromatic heterocycles. The maximum absolute atomic E-state index is 11.9. The molecule has 0 aromatic carbocycles. The highest BCUT2D eigenvalue weighted by atomic mass is 16.5. The van der Waals surface area contributed by atoms with E-state index in [0.717, 1.165) is 6.42 Å². The molecule has 0 saturated carbocycles. The lowest BCUT2D eigenvalue weighted by Gasteiger charge is -2.22. The van der Waals surface area contributed by atoms with Gasteiger partial charge in [-0.25, -0.2) is 4.79 Å². The number of carbonyl (C=O) groups excluding carboxylic acids is 1. The van der Waals surface area contributed by atoms with E-state index in [0.29, 0.717) is 38.6 Å². The van der Waals surface area contributed by atoms with Crippen LogP contribution in [0.3, 0.4) is 0 Å². The van der Waals surface area contributed by atoms with Gasteiger partial charge in [-0.05, 0) is 25.7 Å². The van der Waals surface area contributed by atoms with Gasteiger partial charge in [-0.15, -0.1) is 0 Å². The molecule has 1 heterocycles. The van der Waals surface area contributed by atoms with Crippen LogP contribution in [0.15, 0.2) is 0 Å². The summed E-state index contributed by atoms with van der Waals surface area (Å²) in [6, 6.07) is -0.173. The van der Waals surface area contributed by atoms with Gasteiger partial charge in [0, 0.05) is 26.2 Å². The van der Waals surface area contributed by atoms with E-state index in [1.54, 1.807) is 4.90 Å². The number of rotatable bonds is 7. The number of aliphatic carboxylic acids is 1. The SMILES string of the molecule is CCOC(CCNC(=O)N1CCC(C(=O)O)C1)C(C)C. The predicted octanol–water partition coefficient (Wildman–Crippen LogP) is 1.55. The number of ether oxygens (including phenoxy) is 1. The molecule has 0 radical (unpaired) electrons. The lowest BCUT2D eigenvalue weighted by molar-refractivity contribution is -0.141. The van der Waals surface area contributed by atoms with Crippen LogP contribution in [0.4, 0.5) is 4.79 Å². The van der Waals surface area contributed by atoms with Crippen LogP contribution in [-0.2, 0) is 9.53 Å². The quantitative estimate of drug-likeness (QED) is 0.744. The molecule has 2 unspecified atom stereocenters. The number of carboxylic acid groups (broad SMARTS) is 1. The molecule has 0 aliphatic carbocycles. The van der Waals surface area contributed by atoms with Crippen LogP contribution in [-0.4, -0.2) is 54.4 Å². The van der Waals surface area contributed by atoms with Crippen LogP contribution >= 0.6 is 0 Å². The van der Waals surface area contributed by atoms with Crippen molar-refractivity contribution in [1.29, 1.82) is 0 Å². The fourth-order valence-electron chi connectivity index (χ4n) is 2.40. The first-order valence-electron chi connectivity index (χ1n) is 7.32. The molecule has 0 aromatic rings. The number of nitrogens with one attached hydrogen (secondary N) is 1. The fourth-order valence-corrected chi connectivity index (χ4v) is 2.40. The van der Waals surface area contributed by atoms with Gasteiger partial charge in [0.25, 0.3) is 0 Å². The monoisotopic (exact) mass is 286 g/mol. The summed E-state index contributed by atoms with van der Waals surface area (Å²) in [7, 11) is 0. The summed E-state index contributed by atoms with van der Waals surface area (Å²) >= 11 is 0. The number of likely N-dealkylation sites (tertiary alicyclic amines) is 1. The van der Waals surface area contributed by atoms with E-state index in [1.807, 2.05) is 6.92 Å². The Bertz CT molecular complexity index is 333. The maximum atomic E-state index is 11.9. The minimum Gasteiger partial charge on any atom is -0.481 e. The predicted molar refractivity (Wildman–Crippen MR) is 75.6 cm³/mol. The second-order valence-electron chi connectivity index (χ2n) is 5.53. The maximum Gasteiger partial charge on any atom is 0.317 e. The molecule has 0 bridgehead atoms. The average Bonchev–Trinajstić information content (AvgIpc) is 2.87. The lowest BCUT2D eigenvalue weighted by atomic mass is 10.0. The zero-order valence-corrected chi connectivity index (χ0v) is 12.6. The van der Waals surface area contributed by atoms with Crippen molar-refractivity contribution in [1.82, 2.24) is 10.2 Å². The van der Waals surface area contributed by atoms with Crippen molar-refractivity contribution in [3.05, 3.63) is 0 Å². The highest BCUT2D eigenvalue weighted by Crippen LogP contribution is 2.16. The summed E-state index contributed by atoms with van der Waals surface area (Å²) in [4.78, 5) is 24.3. The Kier molecular flexibility index (Phi) is 6.78. The Balaban J connectivity index is 2.28. The van der Waals surface area contributed by atoms with E-state index in [2.05, 4.69) is 19.2 Å². The van der Waals surface area contributed by atoms with Gasteiger partial charge in [-0.2, -0.15) is 0 Å². The first kappa shape index (κ1) is 16.8. The third-order valence-electron chi connectivity index (χ3n) is 3.65. The van der Waals surface area contributed by atoms with Crippen molar-refractivity contribution in [2.24, 2.45) is 11.8 Å². The molecular formula is C14H26N2O4. The third kappa shape index (κ3) is 5.00. The molecule has 1 aliphatic rings. The Morgan fingerprint density at radius 2 is 2.15 bits per heavy atom. The van der Waals surface area contributed by atoms with Gasteiger partial charge in [0.15, 0.2) is 0 Å². The van der Waals surface area contributed by atoms with Gasteiger partial charge < -0.3 is 20.1 Å². The molecule has 1 saturated heterocycles. The minimum absolute atomic E-state index is 0.144. The fraction of sp³-hybridized carbons (Fsp3) is 0.857. The van der Waals surface area contributed by atoms with Crippen LogP contribution in [0.5, 0.6) is 0 Å². The van der Waals surface area contributed by atoms with Crippen LogP contribution in [0.1, 0.15) is 33.6 Å². The highest BCUT2D eigenvalue weighted by molar-refractivity contribution is 5.77. The van der Waals surface area contributed by atoms with Crippen molar-refractivity contribution in [2.45, 2.75) is 39.7 Å². The first-order valence-corrected chi connectivity index (χ1v) is 7.32. The first-order chi connectivity index (χ1) is 9.45. The number of amides is 2. The van der Waals surface area contributed by atoms with Crippen molar-refractivity contribution < 1.29 is 19.4 Å². The molecule has 1 fully saturated rings. The Morgan fingerprint density at radius 3 is 2.65 bits per heavy atom. The van der Waals surface area contributed by atoms with Crippen molar-refractivity contribution in [3.63, 3.8) is 0 Å². The van der Waals surface area contributed by atoms with Gasteiger partial charge >= 0.3 is 12.0 Å². The lowest BCUT2D eigenvalue weighted by Crippen LogP contribution is -2.40. The van der Waals surface area contributed by atoms with Crippen molar-refractivity contribution in [3.8, 4) is 0 Å². The van der Waals surface area contributed by atoms with Gasteiger partial charge in [-0.3, -0.25) is 4.79 Å². The summed E-state index contributed by atoms with van der Waals surface area (Å²) in [6.07, 6.45) is 1.45. The van der Waals surface area contributed by atoms with Crippen LogP contribution in [0, 0.1) is 11.8 Å². The van der Waals surface area contributed by atoms with E-state index < -0.39 is 11.9 Å². The second-order valence-corrected chi connectivity index (χ2v) is 5.53. The van der Waals surface area contributed by atoms with Crippen LogP contribution < -0.4 is 5.32 Å². The summed E-state index contributed by atoms with van der Waals surface area (Å²) in [5.41, 5.74) is 0. The molecule has 20 heavy (non-hydrogen) atoms. The number of hydrogen-bond acceptors (Lipinski definition) is 3. The van der Waals surface area contributed by atoms with Crippen LogP contribution in [0.2, 0.25) is 0 Å². The van der Waals surface area contributed by atoms with Gasteiger partial charge in [0.05, 0.1) is 12.0 Å². The Hall–Kier alpha value is -1.30. The van der Waals surface area contributed by atoms with Crippen LogP contribution in [0.25, 0.3) is 0 Å². The summed E-state index contributed by atoms with van der Waals surface area (Å²) in [5, 5.41) is 11.7. The number of carboxylic acids is 1. The smallest absolute Gasteiger partial charge is 0.317 e. The van der Waals surface area contributed by atoms with E-state index in [1.165, 1.54) is 0 Å². The highest BCUT2D eigenvalue weighted by Gasteiger charge is 2.30. The number of urea groups is 1. The molecule has 1 rings (SSSR count). The molecule has 2 N–H and O–H groups in total. The number of nitrogens with zero attached hydrogens (tertiary/aromatic N) is 1. The number of hydrogen-bond donors (Lipinski definition) is 2. The molecular weight excluding hydrogens is 260 g/mol.